The van der Waals surface area contributed by atoms with E-state index in [1.807, 2.05) is 0 Å². The zero-order valence-corrected chi connectivity index (χ0v) is 14.0. The van der Waals surface area contributed by atoms with Crippen molar-refractivity contribution in [1.82, 2.24) is 10.2 Å². The summed E-state index contributed by atoms with van der Waals surface area (Å²) < 4.78 is 0. The summed E-state index contributed by atoms with van der Waals surface area (Å²) in [5.74, 6) is -0.658. The zero-order chi connectivity index (χ0) is 15.5. The zero-order valence-electron chi connectivity index (χ0n) is 14.0. The van der Waals surface area contributed by atoms with Crippen LogP contribution in [0.5, 0.6) is 0 Å². The number of nitrogens with one attached hydrogen (secondary N) is 1. The average Bonchev–Trinajstić information content (AvgIpc) is 3.11. The Morgan fingerprint density at radius 1 is 1.29 bits per heavy atom. The molecule has 1 aliphatic heterocycles. The summed E-state index contributed by atoms with van der Waals surface area (Å²) in [5.41, 5.74) is -0.199. The van der Waals surface area contributed by atoms with Crippen LogP contribution in [0.3, 0.4) is 0 Å². The van der Waals surface area contributed by atoms with Gasteiger partial charge in [-0.25, -0.2) is 0 Å². The minimum atomic E-state index is -0.676. The van der Waals surface area contributed by atoms with Gasteiger partial charge in [-0.05, 0) is 63.5 Å². The van der Waals surface area contributed by atoms with Crippen LogP contribution in [0, 0.1) is 5.41 Å². The van der Waals surface area contributed by atoms with Gasteiger partial charge in [0.1, 0.15) is 5.54 Å². The fourth-order valence-electron chi connectivity index (χ4n) is 4.23. The second kappa shape index (κ2) is 6.66. The summed E-state index contributed by atoms with van der Waals surface area (Å²) in [5, 5.41) is 13.0. The molecule has 2 atom stereocenters. The Labute approximate surface area is 129 Å². The van der Waals surface area contributed by atoms with Gasteiger partial charge >= 0.3 is 5.97 Å². The molecule has 122 valence electrons. The molecule has 0 bridgehead atoms. The van der Waals surface area contributed by atoms with Gasteiger partial charge in [0.2, 0.25) is 0 Å². The lowest BCUT2D eigenvalue weighted by Crippen LogP contribution is -2.51. The van der Waals surface area contributed by atoms with Gasteiger partial charge in [-0.3, -0.25) is 9.69 Å². The van der Waals surface area contributed by atoms with Gasteiger partial charge in [-0.1, -0.05) is 20.8 Å². The van der Waals surface area contributed by atoms with E-state index in [-0.39, 0.29) is 0 Å². The highest BCUT2D eigenvalue weighted by atomic mass is 16.4. The topological polar surface area (TPSA) is 52.6 Å². The monoisotopic (exact) mass is 296 g/mol. The summed E-state index contributed by atoms with van der Waals surface area (Å²) in [7, 11) is 0. The summed E-state index contributed by atoms with van der Waals surface area (Å²) in [4.78, 5) is 14.3. The quantitative estimate of drug-likeness (QED) is 0.758. The third kappa shape index (κ3) is 3.26. The molecule has 2 fully saturated rings. The molecular formula is C17H32N2O2. The summed E-state index contributed by atoms with van der Waals surface area (Å²) in [6, 6.07) is 0.449. The Morgan fingerprint density at radius 2 is 2.00 bits per heavy atom. The van der Waals surface area contributed by atoms with Crippen LogP contribution in [0.2, 0.25) is 0 Å². The summed E-state index contributed by atoms with van der Waals surface area (Å²) in [6.45, 7) is 9.79. The lowest BCUT2D eigenvalue weighted by atomic mass is 9.82. The Bertz CT molecular complexity index is 368. The maximum atomic E-state index is 11.7. The van der Waals surface area contributed by atoms with Gasteiger partial charge in [0.15, 0.2) is 0 Å². The van der Waals surface area contributed by atoms with E-state index in [4.69, 9.17) is 0 Å². The van der Waals surface area contributed by atoms with Crippen LogP contribution < -0.4 is 5.32 Å². The molecule has 1 saturated carbocycles. The minimum absolute atomic E-state index is 0.449. The normalized spacial score (nSPS) is 32.6. The third-order valence-corrected chi connectivity index (χ3v) is 6.10. The second-order valence-corrected chi connectivity index (χ2v) is 7.14. The molecule has 4 nitrogen and oxygen atoms in total. The predicted molar refractivity (Wildman–Crippen MR) is 85.5 cm³/mol. The van der Waals surface area contributed by atoms with Gasteiger partial charge in [0.05, 0.1) is 0 Å². The molecule has 2 unspecified atom stereocenters. The van der Waals surface area contributed by atoms with Gasteiger partial charge in [-0.15, -0.1) is 0 Å². The fourth-order valence-corrected chi connectivity index (χ4v) is 4.23. The molecule has 0 aromatic heterocycles. The Kier molecular flexibility index (Phi) is 5.31. The van der Waals surface area contributed by atoms with Crippen molar-refractivity contribution >= 4 is 5.97 Å². The number of hydrogen-bond donors (Lipinski definition) is 2. The Hall–Kier alpha value is -0.610. The number of rotatable bonds is 7. The maximum absolute atomic E-state index is 11.7. The van der Waals surface area contributed by atoms with Gasteiger partial charge in [0.25, 0.3) is 0 Å². The van der Waals surface area contributed by atoms with E-state index in [9.17, 15) is 9.90 Å². The lowest BCUT2D eigenvalue weighted by molar-refractivity contribution is -0.144. The Balaban J connectivity index is 2.00. The van der Waals surface area contributed by atoms with Crippen LogP contribution >= 0.6 is 0 Å². The van der Waals surface area contributed by atoms with Crippen molar-refractivity contribution in [1.29, 1.82) is 0 Å². The number of carboxylic acid groups (broad SMARTS) is 1. The number of likely N-dealkylation sites (tertiary alicyclic amines) is 1. The molecule has 21 heavy (non-hydrogen) atoms. The molecule has 4 heteroatoms. The SMILES string of the molecule is CCCNC1(C(=O)O)CCC(N2CCC(CC)(CC)C2)C1. The molecule has 2 aliphatic rings. The van der Waals surface area contributed by atoms with Crippen LogP contribution in [0.1, 0.15) is 65.7 Å². The predicted octanol–water partition coefficient (Wildman–Crippen LogP) is 2.87. The molecule has 0 radical (unpaired) electrons. The van der Waals surface area contributed by atoms with Crippen molar-refractivity contribution < 1.29 is 9.90 Å². The van der Waals surface area contributed by atoms with Crippen molar-refractivity contribution in [2.24, 2.45) is 5.41 Å². The van der Waals surface area contributed by atoms with E-state index in [1.54, 1.807) is 0 Å². The fraction of sp³-hybridized carbons (Fsp3) is 0.941. The molecule has 1 saturated heterocycles. The largest absolute Gasteiger partial charge is 0.480 e. The van der Waals surface area contributed by atoms with E-state index >= 15 is 0 Å². The van der Waals surface area contributed by atoms with Crippen LogP contribution in [-0.4, -0.2) is 47.2 Å². The number of carbonyl (C=O) groups is 1. The molecule has 0 aromatic rings. The van der Waals surface area contributed by atoms with E-state index in [0.717, 1.165) is 45.3 Å². The van der Waals surface area contributed by atoms with E-state index < -0.39 is 11.5 Å². The van der Waals surface area contributed by atoms with Crippen LogP contribution in [0.15, 0.2) is 0 Å². The van der Waals surface area contributed by atoms with Gasteiger partial charge in [0, 0.05) is 12.6 Å². The molecule has 0 spiro atoms. The van der Waals surface area contributed by atoms with E-state index in [1.165, 1.54) is 19.3 Å². The molecule has 1 heterocycles. The molecular weight excluding hydrogens is 264 g/mol. The van der Waals surface area contributed by atoms with Crippen LogP contribution in [0.25, 0.3) is 0 Å². The first-order chi connectivity index (χ1) is 10.0. The number of aliphatic carboxylic acids is 1. The highest BCUT2D eigenvalue weighted by Gasteiger charge is 2.48. The Morgan fingerprint density at radius 3 is 2.52 bits per heavy atom. The smallest absolute Gasteiger partial charge is 0.323 e. The van der Waals surface area contributed by atoms with Crippen molar-refractivity contribution in [2.75, 3.05) is 19.6 Å². The first-order valence-corrected chi connectivity index (χ1v) is 8.73. The van der Waals surface area contributed by atoms with E-state index in [2.05, 4.69) is 31.0 Å². The van der Waals surface area contributed by atoms with Crippen molar-refractivity contribution in [3.63, 3.8) is 0 Å². The summed E-state index contributed by atoms with van der Waals surface area (Å²) in [6.07, 6.45) is 7.31. The second-order valence-electron chi connectivity index (χ2n) is 7.14. The highest BCUT2D eigenvalue weighted by Crippen LogP contribution is 2.42. The standard InChI is InChI=1S/C17H32N2O2/c1-4-10-18-17(15(20)21)8-7-14(12-17)19-11-9-16(5-2,6-3)13-19/h14,18H,4-13H2,1-3H3,(H,20,21). The van der Waals surface area contributed by atoms with Crippen molar-refractivity contribution in [2.45, 2.75) is 77.3 Å². The highest BCUT2D eigenvalue weighted by molar-refractivity contribution is 5.79. The summed E-state index contributed by atoms with van der Waals surface area (Å²) >= 11 is 0. The minimum Gasteiger partial charge on any atom is -0.480 e. The van der Waals surface area contributed by atoms with Crippen LogP contribution in [0.4, 0.5) is 0 Å². The van der Waals surface area contributed by atoms with Crippen molar-refractivity contribution in [3.05, 3.63) is 0 Å². The number of nitrogens with zero attached hydrogens (tertiary/aromatic N) is 1. The maximum Gasteiger partial charge on any atom is 0.323 e. The first kappa shape index (κ1) is 16.8. The van der Waals surface area contributed by atoms with Gasteiger partial charge < -0.3 is 10.4 Å². The first-order valence-electron chi connectivity index (χ1n) is 8.73. The lowest BCUT2D eigenvalue weighted by Gasteiger charge is -2.31. The number of carboxylic acids is 1. The van der Waals surface area contributed by atoms with Crippen LogP contribution in [-0.2, 0) is 4.79 Å². The average molecular weight is 296 g/mol. The van der Waals surface area contributed by atoms with Crippen molar-refractivity contribution in [3.8, 4) is 0 Å². The third-order valence-electron chi connectivity index (χ3n) is 6.10. The number of hydrogen-bond acceptors (Lipinski definition) is 3. The van der Waals surface area contributed by atoms with Gasteiger partial charge in [-0.2, -0.15) is 0 Å². The molecule has 1 aliphatic carbocycles. The molecule has 2 rings (SSSR count). The molecule has 0 aromatic carbocycles. The van der Waals surface area contributed by atoms with E-state index in [0.29, 0.717) is 11.5 Å². The molecule has 0 amide bonds. The molecule has 2 N–H and O–H groups in total.